The lowest BCUT2D eigenvalue weighted by Crippen LogP contribution is -2.61. The van der Waals surface area contributed by atoms with E-state index in [0.717, 1.165) is 42.6 Å². The average Bonchev–Trinajstić information content (AvgIpc) is 2.75. The summed E-state index contributed by atoms with van der Waals surface area (Å²) in [6, 6.07) is 5.72. The Labute approximate surface area is 194 Å². The number of amides is 4. The van der Waals surface area contributed by atoms with E-state index < -0.39 is 0 Å². The standard InChI is InChI=1S/C25H35FN4O3/c1-2-30(16-22(31)28-15-17-3-5-21(26)6-4-17)23(32)7-8-27-24(33)29-25-12-18-9-19(13-25)11-20(10-18)14-25/h3-6,18-20H,2,7-16H2,1H3,(H,28,31)(H2,27,29,33). The van der Waals surface area contributed by atoms with Gasteiger partial charge in [0.15, 0.2) is 0 Å². The third-order valence-corrected chi connectivity index (χ3v) is 7.51. The van der Waals surface area contributed by atoms with Gasteiger partial charge in [-0.15, -0.1) is 0 Å². The highest BCUT2D eigenvalue weighted by Crippen LogP contribution is 2.55. The number of nitrogens with zero attached hydrogens (tertiary/aromatic N) is 1. The molecule has 8 heteroatoms. The molecule has 4 aliphatic carbocycles. The number of rotatable bonds is 9. The number of nitrogens with one attached hydrogen (secondary N) is 3. The van der Waals surface area contributed by atoms with Crippen molar-refractivity contribution in [3.05, 3.63) is 35.6 Å². The molecule has 0 atom stereocenters. The lowest BCUT2D eigenvalue weighted by molar-refractivity contribution is -0.135. The van der Waals surface area contributed by atoms with Crippen LogP contribution in [0.5, 0.6) is 0 Å². The number of hydrogen-bond acceptors (Lipinski definition) is 3. The third-order valence-electron chi connectivity index (χ3n) is 7.51. The summed E-state index contributed by atoms with van der Waals surface area (Å²) < 4.78 is 13.0. The molecule has 0 unspecified atom stereocenters. The minimum atomic E-state index is -0.326. The van der Waals surface area contributed by atoms with E-state index in [4.69, 9.17) is 0 Å². The molecule has 4 bridgehead atoms. The monoisotopic (exact) mass is 458 g/mol. The minimum absolute atomic E-state index is 0.0456. The average molecular weight is 459 g/mol. The molecule has 3 N–H and O–H groups in total. The van der Waals surface area contributed by atoms with Crippen LogP contribution in [0.15, 0.2) is 24.3 Å². The van der Waals surface area contributed by atoms with E-state index in [9.17, 15) is 18.8 Å². The molecule has 4 fully saturated rings. The van der Waals surface area contributed by atoms with Gasteiger partial charge in [0.05, 0.1) is 6.54 Å². The fourth-order valence-electron chi connectivity index (χ4n) is 6.40. The number of benzene rings is 1. The maximum Gasteiger partial charge on any atom is 0.315 e. The first-order valence-corrected chi connectivity index (χ1v) is 12.2. The van der Waals surface area contributed by atoms with Gasteiger partial charge >= 0.3 is 6.03 Å². The molecule has 180 valence electrons. The summed E-state index contributed by atoms with van der Waals surface area (Å²) in [5.74, 6) is 1.49. The van der Waals surface area contributed by atoms with E-state index in [1.807, 2.05) is 6.92 Å². The zero-order valence-electron chi connectivity index (χ0n) is 19.4. The molecule has 0 aliphatic heterocycles. The molecule has 4 amide bonds. The Hall–Kier alpha value is -2.64. The van der Waals surface area contributed by atoms with Crippen molar-refractivity contribution in [2.75, 3.05) is 19.6 Å². The molecule has 0 aromatic heterocycles. The van der Waals surface area contributed by atoms with Gasteiger partial charge in [0, 0.05) is 31.6 Å². The molecule has 0 saturated heterocycles. The van der Waals surface area contributed by atoms with Crippen LogP contribution in [-0.4, -0.2) is 47.9 Å². The van der Waals surface area contributed by atoms with Crippen molar-refractivity contribution in [3.63, 3.8) is 0 Å². The van der Waals surface area contributed by atoms with Crippen LogP contribution in [0.3, 0.4) is 0 Å². The molecule has 5 rings (SSSR count). The Kier molecular flexibility index (Phi) is 7.20. The van der Waals surface area contributed by atoms with Gasteiger partial charge < -0.3 is 20.9 Å². The van der Waals surface area contributed by atoms with Gasteiger partial charge in [0.25, 0.3) is 0 Å². The molecule has 4 aliphatic rings. The highest BCUT2D eigenvalue weighted by Gasteiger charge is 2.51. The molecular weight excluding hydrogens is 423 g/mol. The minimum Gasteiger partial charge on any atom is -0.350 e. The van der Waals surface area contributed by atoms with Crippen molar-refractivity contribution < 1.29 is 18.8 Å². The van der Waals surface area contributed by atoms with E-state index in [0.29, 0.717) is 6.54 Å². The van der Waals surface area contributed by atoms with Gasteiger partial charge in [-0.1, -0.05) is 12.1 Å². The fraction of sp³-hybridized carbons (Fsp3) is 0.640. The highest BCUT2D eigenvalue weighted by molar-refractivity contribution is 5.85. The first-order valence-electron chi connectivity index (χ1n) is 12.2. The van der Waals surface area contributed by atoms with Crippen LogP contribution < -0.4 is 16.0 Å². The second-order valence-electron chi connectivity index (χ2n) is 10.1. The van der Waals surface area contributed by atoms with Crippen LogP contribution >= 0.6 is 0 Å². The quantitative estimate of drug-likeness (QED) is 0.531. The zero-order valence-corrected chi connectivity index (χ0v) is 19.4. The predicted molar refractivity (Wildman–Crippen MR) is 123 cm³/mol. The summed E-state index contributed by atoms with van der Waals surface area (Å²) in [7, 11) is 0. The van der Waals surface area contributed by atoms with Crippen LogP contribution in [0.1, 0.15) is 57.4 Å². The van der Waals surface area contributed by atoms with Crippen molar-refractivity contribution in [1.82, 2.24) is 20.9 Å². The van der Waals surface area contributed by atoms with Crippen LogP contribution in [0.4, 0.5) is 9.18 Å². The number of carbonyl (C=O) groups excluding carboxylic acids is 3. The molecule has 1 aromatic rings. The Morgan fingerprint density at radius 1 is 1.00 bits per heavy atom. The van der Waals surface area contributed by atoms with Gasteiger partial charge in [-0.2, -0.15) is 0 Å². The SMILES string of the molecule is CCN(CC(=O)NCc1ccc(F)cc1)C(=O)CCNC(=O)NC12CC3CC(CC(C3)C1)C2. The molecule has 4 saturated carbocycles. The smallest absolute Gasteiger partial charge is 0.315 e. The van der Waals surface area contributed by atoms with Crippen LogP contribution in [0, 0.1) is 23.6 Å². The summed E-state index contributed by atoms with van der Waals surface area (Å²) in [5, 5.41) is 8.84. The van der Waals surface area contributed by atoms with E-state index in [-0.39, 0.29) is 55.3 Å². The fourth-order valence-corrected chi connectivity index (χ4v) is 6.40. The van der Waals surface area contributed by atoms with E-state index in [2.05, 4.69) is 16.0 Å². The molecule has 0 radical (unpaired) electrons. The summed E-state index contributed by atoms with van der Waals surface area (Å²) in [6.45, 7) is 2.69. The van der Waals surface area contributed by atoms with Crippen molar-refractivity contribution in [2.24, 2.45) is 17.8 Å². The molecular formula is C25H35FN4O3. The number of hydrogen-bond donors (Lipinski definition) is 3. The van der Waals surface area contributed by atoms with Crippen molar-refractivity contribution in [2.45, 2.75) is 64.0 Å². The highest BCUT2D eigenvalue weighted by atomic mass is 19.1. The topological polar surface area (TPSA) is 90.5 Å². The number of halogens is 1. The summed E-state index contributed by atoms with van der Waals surface area (Å²) in [4.78, 5) is 38.8. The maximum atomic E-state index is 13.0. The Morgan fingerprint density at radius 2 is 1.61 bits per heavy atom. The van der Waals surface area contributed by atoms with Crippen molar-refractivity contribution >= 4 is 17.8 Å². The number of likely N-dealkylation sites (N-methyl/N-ethyl adjacent to an activating group) is 1. The van der Waals surface area contributed by atoms with Crippen molar-refractivity contribution in [1.29, 1.82) is 0 Å². The zero-order chi connectivity index (χ0) is 23.4. The first-order chi connectivity index (χ1) is 15.8. The molecule has 1 aromatic carbocycles. The Morgan fingerprint density at radius 3 is 2.18 bits per heavy atom. The second kappa shape index (κ2) is 10.1. The maximum absolute atomic E-state index is 13.0. The summed E-state index contributed by atoms with van der Waals surface area (Å²) in [5.41, 5.74) is 0.731. The van der Waals surface area contributed by atoms with Gasteiger partial charge in [-0.25, -0.2) is 9.18 Å². The van der Waals surface area contributed by atoms with Gasteiger partial charge in [0.1, 0.15) is 5.82 Å². The molecule has 33 heavy (non-hydrogen) atoms. The van der Waals surface area contributed by atoms with Crippen LogP contribution in [0.2, 0.25) is 0 Å². The van der Waals surface area contributed by atoms with Crippen molar-refractivity contribution in [3.8, 4) is 0 Å². The predicted octanol–water partition coefficient (Wildman–Crippen LogP) is 2.95. The van der Waals surface area contributed by atoms with Gasteiger partial charge in [0.2, 0.25) is 11.8 Å². The normalized spacial score (nSPS) is 27.2. The lowest BCUT2D eigenvalue weighted by Gasteiger charge is -2.56. The summed E-state index contributed by atoms with van der Waals surface area (Å²) >= 11 is 0. The Bertz CT molecular complexity index is 838. The molecule has 0 heterocycles. The van der Waals surface area contributed by atoms with E-state index in [1.54, 1.807) is 12.1 Å². The first kappa shape index (κ1) is 23.5. The largest absolute Gasteiger partial charge is 0.350 e. The number of urea groups is 1. The Balaban J connectivity index is 1.16. The lowest BCUT2D eigenvalue weighted by atomic mass is 9.53. The third kappa shape index (κ3) is 6.03. The van der Waals surface area contributed by atoms with Gasteiger partial charge in [-0.05, 0) is 80.9 Å². The van der Waals surface area contributed by atoms with E-state index >= 15 is 0 Å². The number of carbonyl (C=O) groups is 3. The second-order valence-corrected chi connectivity index (χ2v) is 10.1. The van der Waals surface area contributed by atoms with E-state index in [1.165, 1.54) is 36.3 Å². The van der Waals surface area contributed by atoms with Crippen LogP contribution in [-0.2, 0) is 16.1 Å². The van der Waals surface area contributed by atoms with Crippen LogP contribution in [0.25, 0.3) is 0 Å². The molecule has 0 spiro atoms. The van der Waals surface area contributed by atoms with Gasteiger partial charge in [-0.3, -0.25) is 9.59 Å². The molecule has 7 nitrogen and oxygen atoms in total. The summed E-state index contributed by atoms with van der Waals surface area (Å²) in [6.07, 6.45) is 7.36.